The second kappa shape index (κ2) is 10.4. The maximum atomic E-state index is 12.4. The van der Waals surface area contributed by atoms with Gasteiger partial charge >= 0.3 is 5.97 Å². The molecule has 0 radical (unpaired) electrons. The number of hydrogen-bond acceptors (Lipinski definition) is 3. The molecule has 0 aliphatic carbocycles. The Labute approximate surface area is 178 Å². The predicted octanol–water partition coefficient (Wildman–Crippen LogP) is 6.85. The van der Waals surface area contributed by atoms with E-state index in [9.17, 15) is 4.79 Å². The Morgan fingerprint density at radius 3 is 1.93 bits per heavy atom. The van der Waals surface area contributed by atoms with Gasteiger partial charge in [-0.25, -0.2) is 4.79 Å². The lowest BCUT2D eigenvalue weighted by Gasteiger charge is -2.31. The Morgan fingerprint density at radius 1 is 0.828 bits per heavy atom. The van der Waals surface area contributed by atoms with Gasteiger partial charge in [-0.2, -0.15) is 0 Å². The van der Waals surface area contributed by atoms with Gasteiger partial charge in [-0.05, 0) is 93.4 Å². The normalized spacial score (nSPS) is 12.1. The fourth-order valence-corrected chi connectivity index (χ4v) is 11.7. The summed E-state index contributed by atoms with van der Waals surface area (Å²) in [7, 11) is -3.06. The lowest BCUT2D eigenvalue weighted by atomic mass is 10.1. The van der Waals surface area contributed by atoms with Crippen molar-refractivity contribution in [1.82, 2.24) is 0 Å². The Morgan fingerprint density at radius 2 is 1.38 bits per heavy atom. The summed E-state index contributed by atoms with van der Waals surface area (Å²) in [4.78, 5) is 12.4. The quantitative estimate of drug-likeness (QED) is 0.236. The third kappa shape index (κ3) is 8.68. The van der Waals surface area contributed by atoms with E-state index in [4.69, 9.17) is 8.85 Å². The van der Waals surface area contributed by atoms with Crippen LogP contribution in [0.15, 0.2) is 48.5 Å². The summed E-state index contributed by atoms with van der Waals surface area (Å²) in [6, 6.07) is 16.7. The van der Waals surface area contributed by atoms with Crippen molar-refractivity contribution in [2.75, 3.05) is 0 Å². The van der Waals surface area contributed by atoms with Crippen LogP contribution >= 0.6 is 0 Å². The molecule has 0 fully saturated rings. The third-order valence-corrected chi connectivity index (χ3v) is 10.9. The summed E-state index contributed by atoms with van der Waals surface area (Å²) in [5.74, 6) is 0.283. The number of aryl methyl sites for hydroxylation is 2. The van der Waals surface area contributed by atoms with Crippen LogP contribution in [0.3, 0.4) is 0 Å². The molecule has 0 spiro atoms. The molecule has 2 rings (SSSR count). The number of ether oxygens (including phenoxy) is 1. The van der Waals surface area contributed by atoms with Gasteiger partial charge in [0.05, 0.1) is 5.56 Å². The molecule has 0 saturated carbocycles. The van der Waals surface area contributed by atoms with Gasteiger partial charge in [0.2, 0.25) is 0 Å². The largest absolute Gasteiger partial charge is 0.456 e. The fourth-order valence-electron chi connectivity index (χ4n) is 3.58. The van der Waals surface area contributed by atoms with Crippen LogP contribution in [-0.2, 0) is 17.0 Å². The topological polar surface area (TPSA) is 35.5 Å². The molecule has 3 nitrogen and oxygen atoms in total. The fraction of sp³-hybridized carbons (Fsp3) is 0.458. The van der Waals surface area contributed by atoms with Crippen molar-refractivity contribution in [2.45, 2.75) is 71.4 Å². The van der Waals surface area contributed by atoms with Crippen molar-refractivity contribution in [3.05, 3.63) is 65.2 Å². The van der Waals surface area contributed by atoms with E-state index in [0.29, 0.717) is 11.3 Å². The molecule has 0 aliphatic heterocycles. The van der Waals surface area contributed by atoms with Crippen molar-refractivity contribution in [3.63, 3.8) is 0 Å². The Bertz CT molecular complexity index is 775. The molecular formula is C24H36O3Si2. The van der Waals surface area contributed by atoms with Gasteiger partial charge in [0.1, 0.15) is 5.75 Å². The highest BCUT2D eigenvalue weighted by Crippen LogP contribution is 2.21. The highest BCUT2D eigenvalue weighted by Gasteiger charge is 2.28. The van der Waals surface area contributed by atoms with Gasteiger partial charge in [0.15, 0.2) is 16.6 Å². The first-order valence-electron chi connectivity index (χ1n) is 10.7. The monoisotopic (exact) mass is 428 g/mol. The second-order valence-corrected chi connectivity index (χ2v) is 18.4. The molecule has 0 bridgehead atoms. The zero-order chi connectivity index (χ0) is 21.5. The van der Waals surface area contributed by atoms with Gasteiger partial charge in [0, 0.05) is 0 Å². The van der Waals surface area contributed by atoms with Crippen LogP contribution in [-0.4, -0.2) is 22.6 Å². The van der Waals surface area contributed by atoms with Gasteiger partial charge in [-0.1, -0.05) is 37.6 Å². The van der Waals surface area contributed by atoms with Crippen molar-refractivity contribution in [2.24, 2.45) is 0 Å². The molecule has 0 heterocycles. The molecule has 0 saturated heterocycles. The van der Waals surface area contributed by atoms with E-state index in [1.54, 1.807) is 0 Å². The summed E-state index contributed by atoms with van der Waals surface area (Å²) in [5.41, 5.74) is 3.10. The van der Waals surface area contributed by atoms with Crippen molar-refractivity contribution >= 4 is 22.6 Å². The molecule has 5 heteroatoms. The standard InChI is InChI=1S/C24H36O3Si2/c1-7-9-20-13-17-23(18-14-20)26-24(25)22-15-11-21(12-16-22)10-8-19-29(5,6)27-28(2,3)4/h11-18H,7-10,19H2,1-6H3. The average Bonchev–Trinajstić information content (AvgIpc) is 2.62. The highest BCUT2D eigenvalue weighted by atomic mass is 28.4. The zero-order valence-electron chi connectivity index (χ0n) is 18.9. The van der Waals surface area contributed by atoms with Crippen molar-refractivity contribution < 1.29 is 13.6 Å². The molecule has 29 heavy (non-hydrogen) atoms. The molecular weight excluding hydrogens is 392 g/mol. The van der Waals surface area contributed by atoms with Crippen LogP contribution in [0.2, 0.25) is 38.8 Å². The third-order valence-electron chi connectivity index (χ3n) is 4.69. The molecule has 0 aliphatic rings. The van der Waals surface area contributed by atoms with E-state index in [2.05, 4.69) is 39.7 Å². The van der Waals surface area contributed by atoms with E-state index in [0.717, 1.165) is 31.7 Å². The first kappa shape index (κ1) is 23.6. The number of esters is 1. The van der Waals surface area contributed by atoms with Gasteiger partial charge in [-0.3, -0.25) is 0 Å². The average molecular weight is 429 g/mol. The molecule has 0 unspecified atom stereocenters. The minimum atomic E-state index is -1.59. The van der Waals surface area contributed by atoms with E-state index in [1.807, 2.05) is 48.5 Å². The maximum Gasteiger partial charge on any atom is 0.343 e. The first-order chi connectivity index (χ1) is 13.6. The van der Waals surface area contributed by atoms with Crippen LogP contribution < -0.4 is 4.74 Å². The minimum absolute atomic E-state index is 0.308. The van der Waals surface area contributed by atoms with E-state index >= 15 is 0 Å². The number of hydrogen-bond donors (Lipinski definition) is 0. The van der Waals surface area contributed by atoms with Gasteiger partial charge in [-0.15, -0.1) is 0 Å². The van der Waals surface area contributed by atoms with Gasteiger partial charge < -0.3 is 8.85 Å². The predicted molar refractivity (Wildman–Crippen MR) is 127 cm³/mol. The SMILES string of the molecule is CCCc1ccc(OC(=O)c2ccc(CCC[Si](C)(C)O[Si](C)(C)C)cc2)cc1. The summed E-state index contributed by atoms with van der Waals surface area (Å²) >= 11 is 0. The lowest BCUT2D eigenvalue weighted by Crippen LogP contribution is -2.42. The lowest BCUT2D eigenvalue weighted by molar-refractivity contribution is 0.0734. The van der Waals surface area contributed by atoms with Gasteiger partial charge in [0.25, 0.3) is 0 Å². The molecule has 0 N–H and O–H groups in total. The number of rotatable bonds is 10. The molecule has 0 aromatic heterocycles. The van der Waals surface area contributed by atoms with Crippen LogP contribution in [0.4, 0.5) is 0 Å². The zero-order valence-corrected chi connectivity index (χ0v) is 20.9. The number of carbonyl (C=O) groups is 1. The minimum Gasteiger partial charge on any atom is -0.456 e. The Hall–Kier alpha value is -1.70. The van der Waals surface area contributed by atoms with Crippen LogP contribution in [0, 0.1) is 0 Å². The van der Waals surface area contributed by atoms with Crippen LogP contribution in [0.5, 0.6) is 5.75 Å². The molecule has 2 aromatic rings. The molecule has 2 aromatic carbocycles. The van der Waals surface area contributed by atoms with E-state index in [-0.39, 0.29) is 5.97 Å². The summed E-state index contributed by atoms with van der Waals surface area (Å²) in [6.45, 7) is 13.6. The smallest absolute Gasteiger partial charge is 0.343 e. The first-order valence-corrected chi connectivity index (χ1v) is 17.2. The highest BCUT2D eigenvalue weighted by molar-refractivity contribution is 6.84. The molecule has 0 amide bonds. The summed E-state index contributed by atoms with van der Waals surface area (Å²) in [6.07, 6.45) is 4.29. The summed E-state index contributed by atoms with van der Waals surface area (Å²) in [5, 5.41) is 0. The maximum absolute atomic E-state index is 12.4. The van der Waals surface area contributed by atoms with E-state index < -0.39 is 16.6 Å². The Balaban J connectivity index is 1.85. The van der Waals surface area contributed by atoms with Crippen LogP contribution in [0.25, 0.3) is 0 Å². The second-order valence-electron chi connectivity index (χ2n) is 9.31. The molecule has 0 atom stereocenters. The Kier molecular flexibility index (Phi) is 8.43. The molecule has 158 valence electrons. The number of carbonyl (C=O) groups excluding carboxylic acids is 1. The van der Waals surface area contributed by atoms with Crippen molar-refractivity contribution in [3.8, 4) is 5.75 Å². The van der Waals surface area contributed by atoms with Crippen LogP contribution in [0.1, 0.15) is 41.3 Å². The summed E-state index contributed by atoms with van der Waals surface area (Å²) < 4.78 is 11.9. The number of benzene rings is 2. The van der Waals surface area contributed by atoms with E-state index in [1.165, 1.54) is 11.1 Å². The van der Waals surface area contributed by atoms with Crippen molar-refractivity contribution in [1.29, 1.82) is 0 Å².